The van der Waals surface area contributed by atoms with Gasteiger partial charge in [0.2, 0.25) is 11.8 Å². The Balaban J connectivity index is 1.32. The molecule has 4 aliphatic rings. The van der Waals surface area contributed by atoms with E-state index < -0.39 is 0 Å². The lowest BCUT2D eigenvalue weighted by molar-refractivity contribution is -0.123. The zero-order valence-corrected chi connectivity index (χ0v) is 23.2. The standard InChI is InChI=1S/C27H23ClN2O4S3/c1-33-16-8-3-11(9-17(16)34-2)18-19-14-10-15(22(19)36-24-23(18)37-27(35)29-24)21-20(14)25(31)30(26(21)32)13-6-4-12(28)5-7-13/h3-9,14-15,18-22H,10H2,1-2H3,(H,29,35). The first-order valence-electron chi connectivity index (χ1n) is 12.2. The van der Waals surface area contributed by atoms with Crippen LogP contribution in [-0.4, -0.2) is 36.3 Å². The summed E-state index contributed by atoms with van der Waals surface area (Å²) in [5.74, 6) is 1.15. The Morgan fingerprint density at radius 2 is 1.70 bits per heavy atom. The Morgan fingerprint density at radius 3 is 2.41 bits per heavy atom. The third-order valence-corrected chi connectivity index (χ3v) is 11.8. The minimum absolute atomic E-state index is 0.0578. The number of ether oxygens (including phenoxy) is 2. The SMILES string of the molecule is COc1ccc(C2c3sc(=S)[nH]c3SC3C4CC(C5C(=O)N(c6ccc(Cl)cc6)C(=O)C45)C23)cc1OC. The van der Waals surface area contributed by atoms with Gasteiger partial charge in [-0.1, -0.05) is 17.7 Å². The predicted molar refractivity (Wildman–Crippen MR) is 147 cm³/mol. The van der Waals surface area contributed by atoms with Crippen molar-refractivity contribution in [1.82, 2.24) is 4.98 Å². The van der Waals surface area contributed by atoms with Crippen molar-refractivity contribution in [2.45, 2.75) is 22.6 Å². The Labute approximate surface area is 232 Å². The van der Waals surface area contributed by atoms with Crippen molar-refractivity contribution >= 4 is 64.4 Å². The van der Waals surface area contributed by atoms with E-state index in [9.17, 15) is 9.59 Å². The molecule has 190 valence electrons. The molecule has 10 heteroatoms. The highest BCUT2D eigenvalue weighted by molar-refractivity contribution is 8.00. The number of thiazole rings is 1. The molecule has 7 rings (SSSR count). The number of rotatable bonds is 4. The first kappa shape index (κ1) is 23.8. The summed E-state index contributed by atoms with van der Waals surface area (Å²) in [6.07, 6.45) is 0.892. The second-order valence-electron chi connectivity index (χ2n) is 10.1. The number of fused-ring (bicyclic) bond motifs is 9. The van der Waals surface area contributed by atoms with Crippen LogP contribution in [0.5, 0.6) is 11.5 Å². The topological polar surface area (TPSA) is 71.6 Å². The number of benzene rings is 2. The maximum absolute atomic E-state index is 13.8. The number of hydrogen-bond acceptors (Lipinski definition) is 7. The van der Waals surface area contributed by atoms with E-state index in [1.807, 2.05) is 23.9 Å². The lowest BCUT2D eigenvalue weighted by atomic mass is 9.68. The van der Waals surface area contributed by atoms with Gasteiger partial charge in [-0.25, -0.2) is 0 Å². The molecule has 37 heavy (non-hydrogen) atoms. The molecule has 2 aliphatic carbocycles. The van der Waals surface area contributed by atoms with Crippen LogP contribution in [0.15, 0.2) is 47.5 Å². The fourth-order valence-corrected chi connectivity index (χ4v) is 10.7. The molecular weight excluding hydrogens is 548 g/mol. The van der Waals surface area contributed by atoms with Crippen LogP contribution in [0.1, 0.15) is 22.8 Å². The summed E-state index contributed by atoms with van der Waals surface area (Å²) in [5.41, 5.74) is 1.72. The third kappa shape index (κ3) is 3.33. The highest BCUT2D eigenvalue weighted by Crippen LogP contribution is 2.69. The number of thioether (sulfide) groups is 1. The molecule has 3 heterocycles. The van der Waals surface area contributed by atoms with Gasteiger partial charge in [0.05, 0.1) is 36.8 Å². The second kappa shape index (κ2) is 8.59. The molecule has 2 saturated carbocycles. The van der Waals surface area contributed by atoms with Crippen molar-refractivity contribution in [3.05, 3.63) is 61.9 Å². The van der Waals surface area contributed by atoms with Gasteiger partial charge in [-0.3, -0.25) is 14.5 Å². The molecule has 2 amide bonds. The zero-order valence-electron chi connectivity index (χ0n) is 20.0. The number of imide groups is 1. The highest BCUT2D eigenvalue weighted by Gasteiger charge is 2.69. The molecule has 7 atom stereocenters. The molecule has 2 aliphatic heterocycles. The fraction of sp³-hybridized carbons (Fsp3) is 0.370. The van der Waals surface area contributed by atoms with E-state index in [2.05, 4.69) is 11.1 Å². The van der Waals surface area contributed by atoms with Crippen molar-refractivity contribution in [2.75, 3.05) is 19.1 Å². The number of aromatic amines is 1. The molecule has 0 radical (unpaired) electrons. The molecule has 7 unspecified atom stereocenters. The first-order chi connectivity index (χ1) is 17.9. The summed E-state index contributed by atoms with van der Waals surface area (Å²) in [4.78, 5) is 33.6. The summed E-state index contributed by atoms with van der Waals surface area (Å²) in [6, 6.07) is 13.1. The van der Waals surface area contributed by atoms with Crippen LogP contribution >= 0.6 is 46.9 Å². The summed E-state index contributed by atoms with van der Waals surface area (Å²) in [5, 5.41) is 1.89. The number of hydrogen-bond donors (Lipinski definition) is 1. The summed E-state index contributed by atoms with van der Waals surface area (Å²) in [6.45, 7) is 0. The van der Waals surface area contributed by atoms with E-state index in [0.29, 0.717) is 22.2 Å². The number of methoxy groups -OCH3 is 2. The number of carbonyl (C=O) groups is 2. The maximum atomic E-state index is 13.8. The number of nitrogens with zero attached hydrogens (tertiary/aromatic N) is 1. The van der Waals surface area contributed by atoms with Crippen LogP contribution in [0.25, 0.3) is 0 Å². The van der Waals surface area contributed by atoms with Gasteiger partial charge in [0.1, 0.15) is 0 Å². The Morgan fingerprint density at radius 1 is 1.00 bits per heavy atom. The summed E-state index contributed by atoms with van der Waals surface area (Å²) < 4.78 is 11.9. The number of nitrogens with one attached hydrogen (secondary N) is 1. The van der Waals surface area contributed by atoms with Crippen LogP contribution in [0.3, 0.4) is 0 Å². The van der Waals surface area contributed by atoms with Gasteiger partial charge in [0, 0.05) is 21.1 Å². The van der Waals surface area contributed by atoms with E-state index >= 15 is 0 Å². The van der Waals surface area contributed by atoms with Crippen LogP contribution in [0.4, 0.5) is 5.69 Å². The van der Waals surface area contributed by atoms with Crippen molar-refractivity contribution in [2.24, 2.45) is 29.6 Å². The summed E-state index contributed by atoms with van der Waals surface area (Å²) >= 11 is 15.0. The van der Waals surface area contributed by atoms with Crippen molar-refractivity contribution in [3.63, 3.8) is 0 Å². The molecule has 1 aromatic heterocycles. The lowest BCUT2D eigenvalue weighted by Gasteiger charge is -2.43. The molecule has 6 nitrogen and oxygen atoms in total. The van der Waals surface area contributed by atoms with Crippen LogP contribution in [-0.2, 0) is 9.59 Å². The molecule has 0 spiro atoms. The number of anilines is 1. The maximum Gasteiger partial charge on any atom is 0.238 e. The van der Waals surface area contributed by atoms with E-state index in [4.69, 9.17) is 33.3 Å². The Hall–Kier alpha value is -2.33. The monoisotopic (exact) mass is 570 g/mol. The Kier molecular flexibility index (Phi) is 5.52. The summed E-state index contributed by atoms with van der Waals surface area (Å²) in [7, 11) is 3.27. The molecule has 2 aromatic carbocycles. The average Bonchev–Trinajstić information content (AvgIpc) is 3.63. The smallest absolute Gasteiger partial charge is 0.238 e. The molecule has 3 aromatic rings. The zero-order chi connectivity index (χ0) is 25.6. The number of halogens is 1. The van der Waals surface area contributed by atoms with Crippen LogP contribution in [0, 0.1) is 33.5 Å². The van der Waals surface area contributed by atoms with E-state index in [-0.39, 0.29) is 52.6 Å². The van der Waals surface area contributed by atoms with Crippen molar-refractivity contribution < 1.29 is 19.1 Å². The molecule has 1 N–H and O–H groups in total. The number of carbonyl (C=O) groups excluding carboxylic acids is 2. The van der Waals surface area contributed by atoms with Crippen molar-refractivity contribution in [1.29, 1.82) is 0 Å². The molecule has 1 saturated heterocycles. The van der Waals surface area contributed by atoms with Gasteiger partial charge in [0.25, 0.3) is 0 Å². The van der Waals surface area contributed by atoms with Gasteiger partial charge in [0.15, 0.2) is 15.5 Å². The van der Waals surface area contributed by atoms with Gasteiger partial charge in [-0.2, -0.15) is 0 Å². The predicted octanol–water partition coefficient (Wildman–Crippen LogP) is 6.15. The highest BCUT2D eigenvalue weighted by atomic mass is 35.5. The van der Waals surface area contributed by atoms with Gasteiger partial charge < -0.3 is 14.5 Å². The molecular formula is C27H23ClN2O4S3. The fourth-order valence-electron chi connectivity index (χ4n) is 7.28. The van der Waals surface area contributed by atoms with Gasteiger partial charge in [-0.05, 0) is 78.4 Å². The van der Waals surface area contributed by atoms with Crippen molar-refractivity contribution in [3.8, 4) is 11.5 Å². The van der Waals surface area contributed by atoms with E-state index in [1.165, 1.54) is 9.78 Å². The van der Waals surface area contributed by atoms with Gasteiger partial charge >= 0.3 is 0 Å². The lowest BCUT2D eigenvalue weighted by Crippen LogP contribution is -2.42. The minimum atomic E-state index is -0.300. The number of H-pyrrole nitrogens is 1. The van der Waals surface area contributed by atoms with E-state index in [0.717, 1.165) is 21.0 Å². The Bertz CT molecular complexity index is 1500. The quantitative estimate of drug-likeness (QED) is 0.299. The number of amides is 2. The van der Waals surface area contributed by atoms with Crippen LogP contribution < -0.4 is 14.4 Å². The normalized spacial score (nSPS) is 31.3. The van der Waals surface area contributed by atoms with Gasteiger partial charge in [-0.15, -0.1) is 23.1 Å². The molecule has 3 fully saturated rings. The largest absolute Gasteiger partial charge is 0.493 e. The molecule has 2 bridgehead atoms. The third-order valence-electron chi connectivity index (χ3n) is 8.58. The van der Waals surface area contributed by atoms with E-state index in [1.54, 1.807) is 49.8 Å². The minimum Gasteiger partial charge on any atom is -0.493 e. The van der Waals surface area contributed by atoms with Crippen LogP contribution in [0.2, 0.25) is 5.02 Å². The second-order valence-corrected chi connectivity index (χ2v) is 13.4. The average molecular weight is 571 g/mol. The first-order valence-corrected chi connectivity index (χ1v) is 14.6. The number of aromatic nitrogens is 1.